The fourth-order valence-corrected chi connectivity index (χ4v) is 2.31. The number of hydrogen-bond donors (Lipinski definition) is 1. The molecule has 4 nitrogen and oxygen atoms in total. The Labute approximate surface area is 116 Å². The van der Waals surface area contributed by atoms with Crippen LogP contribution in [0.15, 0.2) is 6.07 Å². The number of methoxy groups -OCH3 is 1. The fourth-order valence-electron chi connectivity index (χ4n) is 2.31. The molecule has 1 aliphatic rings. The molecule has 0 aliphatic heterocycles. The second kappa shape index (κ2) is 5.45. The third-order valence-electron chi connectivity index (χ3n) is 3.37. The molecule has 1 N–H and O–H groups in total. The highest BCUT2D eigenvalue weighted by Crippen LogP contribution is 2.41. The summed E-state index contributed by atoms with van der Waals surface area (Å²) >= 11 is 0. The van der Waals surface area contributed by atoms with E-state index in [-0.39, 0.29) is 11.5 Å². The van der Waals surface area contributed by atoms with Gasteiger partial charge in [0.2, 0.25) is 0 Å². The Morgan fingerprint density at radius 2 is 2.05 bits per heavy atom. The molecule has 4 heteroatoms. The van der Waals surface area contributed by atoms with Gasteiger partial charge in [-0.05, 0) is 25.2 Å². The minimum absolute atomic E-state index is 0.0135. The van der Waals surface area contributed by atoms with Crippen molar-refractivity contribution in [1.82, 2.24) is 9.97 Å². The molecule has 1 aromatic heterocycles. The van der Waals surface area contributed by atoms with Gasteiger partial charge in [-0.1, -0.05) is 20.8 Å². The first-order valence-electron chi connectivity index (χ1n) is 7.11. The van der Waals surface area contributed by atoms with Gasteiger partial charge in [0.05, 0.1) is 0 Å². The van der Waals surface area contributed by atoms with Crippen LogP contribution >= 0.6 is 0 Å². The number of rotatable bonds is 5. The lowest BCUT2D eigenvalue weighted by atomic mass is 9.88. The van der Waals surface area contributed by atoms with Crippen molar-refractivity contribution < 1.29 is 4.74 Å². The molecular weight excluding hydrogens is 238 g/mol. The van der Waals surface area contributed by atoms with E-state index < -0.39 is 0 Å². The summed E-state index contributed by atoms with van der Waals surface area (Å²) in [6.07, 6.45) is 2.41. The summed E-state index contributed by atoms with van der Waals surface area (Å²) in [5, 5.41) is 3.29. The van der Waals surface area contributed by atoms with Crippen molar-refractivity contribution >= 4 is 5.82 Å². The lowest BCUT2D eigenvalue weighted by molar-refractivity contribution is 0.00861. The first-order chi connectivity index (χ1) is 8.95. The van der Waals surface area contributed by atoms with E-state index in [0.717, 1.165) is 23.9 Å². The molecule has 1 heterocycles. The third kappa shape index (κ3) is 3.44. The van der Waals surface area contributed by atoms with Gasteiger partial charge in [-0.3, -0.25) is 0 Å². The zero-order valence-electron chi connectivity index (χ0n) is 12.7. The maximum atomic E-state index is 5.64. The van der Waals surface area contributed by atoms with Crippen LogP contribution in [0.1, 0.15) is 64.1 Å². The monoisotopic (exact) mass is 263 g/mol. The van der Waals surface area contributed by atoms with Gasteiger partial charge in [-0.2, -0.15) is 0 Å². The highest BCUT2D eigenvalue weighted by molar-refractivity contribution is 5.38. The standard InChI is InChI=1S/C15H25N3O/c1-6-16-12-9-11(10-7-8-10)17-14(18-12)13(19-5)15(2,3)4/h9-10,13H,6-8H2,1-5H3,(H,16,17,18). The van der Waals surface area contributed by atoms with Crippen molar-refractivity contribution in [2.24, 2.45) is 5.41 Å². The zero-order chi connectivity index (χ0) is 14.0. The van der Waals surface area contributed by atoms with Crippen LogP contribution in [0.5, 0.6) is 0 Å². The molecule has 1 unspecified atom stereocenters. The Morgan fingerprint density at radius 1 is 1.37 bits per heavy atom. The molecule has 2 rings (SSSR count). The number of aromatic nitrogens is 2. The van der Waals surface area contributed by atoms with Crippen LogP contribution in [0.25, 0.3) is 0 Å². The van der Waals surface area contributed by atoms with Gasteiger partial charge in [0.15, 0.2) is 5.82 Å². The first-order valence-corrected chi connectivity index (χ1v) is 7.11. The number of hydrogen-bond acceptors (Lipinski definition) is 4. The van der Waals surface area contributed by atoms with Gasteiger partial charge in [0.25, 0.3) is 0 Å². The minimum Gasteiger partial charge on any atom is -0.373 e. The molecule has 0 amide bonds. The zero-order valence-corrected chi connectivity index (χ0v) is 12.7. The van der Waals surface area contributed by atoms with Crippen LogP contribution in [0.2, 0.25) is 0 Å². The van der Waals surface area contributed by atoms with Gasteiger partial charge in [-0.15, -0.1) is 0 Å². The fraction of sp³-hybridized carbons (Fsp3) is 0.733. The smallest absolute Gasteiger partial charge is 0.160 e. The Kier molecular flexibility index (Phi) is 4.09. The van der Waals surface area contributed by atoms with E-state index in [0.29, 0.717) is 5.92 Å². The van der Waals surface area contributed by atoms with Crippen molar-refractivity contribution in [1.29, 1.82) is 0 Å². The van der Waals surface area contributed by atoms with E-state index in [1.807, 2.05) is 0 Å². The van der Waals surface area contributed by atoms with E-state index in [1.54, 1.807) is 7.11 Å². The van der Waals surface area contributed by atoms with Crippen LogP contribution in [0, 0.1) is 5.41 Å². The highest BCUT2D eigenvalue weighted by Gasteiger charge is 2.32. The quantitative estimate of drug-likeness (QED) is 0.883. The summed E-state index contributed by atoms with van der Waals surface area (Å²) in [7, 11) is 1.73. The minimum atomic E-state index is -0.0800. The molecule has 19 heavy (non-hydrogen) atoms. The second-order valence-electron chi connectivity index (χ2n) is 6.32. The van der Waals surface area contributed by atoms with Crippen molar-refractivity contribution in [3.8, 4) is 0 Å². The Morgan fingerprint density at radius 3 is 2.53 bits per heavy atom. The predicted octanol–water partition coefficient (Wildman–Crippen LogP) is 3.52. The Bertz CT molecular complexity index is 436. The number of anilines is 1. The summed E-state index contributed by atoms with van der Waals surface area (Å²) in [5.41, 5.74) is 1.15. The summed E-state index contributed by atoms with van der Waals surface area (Å²) in [4.78, 5) is 9.36. The highest BCUT2D eigenvalue weighted by atomic mass is 16.5. The van der Waals surface area contributed by atoms with Gasteiger partial charge in [0.1, 0.15) is 11.9 Å². The van der Waals surface area contributed by atoms with Crippen molar-refractivity contribution in [2.75, 3.05) is 19.0 Å². The number of nitrogens with one attached hydrogen (secondary N) is 1. The molecule has 0 saturated heterocycles. The SMILES string of the molecule is CCNc1cc(C2CC2)nc(C(OC)C(C)(C)C)n1. The van der Waals surface area contributed by atoms with Crippen molar-refractivity contribution in [3.05, 3.63) is 17.6 Å². The average molecular weight is 263 g/mol. The molecule has 1 saturated carbocycles. The summed E-state index contributed by atoms with van der Waals surface area (Å²) in [5.74, 6) is 2.34. The molecule has 0 spiro atoms. The van der Waals surface area contributed by atoms with E-state index in [2.05, 4.69) is 44.1 Å². The molecule has 1 aliphatic carbocycles. The van der Waals surface area contributed by atoms with E-state index >= 15 is 0 Å². The molecule has 0 radical (unpaired) electrons. The molecular formula is C15H25N3O. The molecule has 1 aromatic rings. The normalized spacial score (nSPS) is 17.3. The molecule has 1 atom stereocenters. The van der Waals surface area contributed by atoms with Crippen molar-refractivity contribution in [2.45, 2.75) is 52.6 Å². The summed E-state index contributed by atoms with van der Waals surface area (Å²) < 4.78 is 5.64. The van der Waals surface area contributed by atoms with Crippen molar-refractivity contribution in [3.63, 3.8) is 0 Å². The maximum Gasteiger partial charge on any atom is 0.160 e. The van der Waals surface area contributed by atoms with Gasteiger partial charge >= 0.3 is 0 Å². The Hall–Kier alpha value is -1.16. The first kappa shape index (κ1) is 14.3. The Balaban J connectivity index is 2.37. The summed E-state index contributed by atoms with van der Waals surface area (Å²) in [6, 6.07) is 2.08. The van der Waals surface area contributed by atoms with E-state index in [4.69, 9.17) is 9.72 Å². The topological polar surface area (TPSA) is 47.0 Å². The van der Waals surface area contributed by atoms with Gasteiger partial charge in [-0.25, -0.2) is 9.97 Å². The summed E-state index contributed by atoms with van der Waals surface area (Å²) in [6.45, 7) is 9.41. The predicted molar refractivity (Wildman–Crippen MR) is 77.4 cm³/mol. The third-order valence-corrected chi connectivity index (χ3v) is 3.37. The van der Waals surface area contributed by atoms with E-state index in [9.17, 15) is 0 Å². The molecule has 1 fully saturated rings. The van der Waals surface area contributed by atoms with Gasteiger partial charge < -0.3 is 10.1 Å². The van der Waals surface area contributed by atoms with Crippen LogP contribution < -0.4 is 5.32 Å². The van der Waals surface area contributed by atoms with Crippen LogP contribution in [-0.2, 0) is 4.74 Å². The van der Waals surface area contributed by atoms with Gasteiger partial charge in [0, 0.05) is 31.3 Å². The molecule has 0 bridgehead atoms. The number of ether oxygens (including phenoxy) is 1. The largest absolute Gasteiger partial charge is 0.373 e. The van der Waals surface area contributed by atoms with Crippen LogP contribution in [-0.4, -0.2) is 23.6 Å². The van der Waals surface area contributed by atoms with Crippen LogP contribution in [0.3, 0.4) is 0 Å². The molecule has 106 valence electrons. The lowest BCUT2D eigenvalue weighted by Gasteiger charge is -2.28. The maximum absolute atomic E-state index is 5.64. The second-order valence-corrected chi connectivity index (χ2v) is 6.32. The van der Waals surface area contributed by atoms with Crippen LogP contribution in [0.4, 0.5) is 5.82 Å². The average Bonchev–Trinajstić information content (AvgIpc) is 3.11. The number of nitrogens with zero attached hydrogens (tertiary/aromatic N) is 2. The lowest BCUT2D eigenvalue weighted by Crippen LogP contribution is -2.23. The molecule has 0 aromatic carbocycles. The van der Waals surface area contributed by atoms with E-state index in [1.165, 1.54) is 12.8 Å².